The first kappa shape index (κ1) is 25.0. The minimum absolute atomic E-state index is 0.0966. The van der Waals surface area contributed by atoms with E-state index in [9.17, 15) is 9.59 Å². The van der Waals surface area contributed by atoms with Crippen molar-refractivity contribution in [2.45, 2.75) is 52.6 Å². The van der Waals surface area contributed by atoms with Crippen LogP contribution in [0.5, 0.6) is 5.75 Å². The fourth-order valence-corrected chi connectivity index (χ4v) is 5.39. The molecule has 6 rings (SSSR count). The van der Waals surface area contributed by atoms with Crippen LogP contribution in [0.3, 0.4) is 0 Å². The average molecular weight is 526 g/mol. The Kier molecular flexibility index (Phi) is 6.25. The Morgan fingerprint density at radius 3 is 2.69 bits per heavy atom. The first-order chi connectivity index (χ1) is 18.8. The van der Waals surface area contributed by atoms with Crippen molar-refractivity contribution in [3.8, 4) is 16.9 Å². The molecule has 4 heterocycles. The molecule has 10 nitrogen and oxygen atoms in total. The molecule has 0 saturated heterocycles. The normalized spacial score (nSPS) is 15.9. The number of aromatic nitrogens is 5. The number of amides is 2. The summed E-state index contributed by atoms with van der Waals surface area (Å²) in [5.74, 6) is 0.694. The number of ether oxygens (including phenoxy) is 1. The third-order valence-corrected chi connectivity index (χ3v) is 7.48. The molecule has 2 amide bonds. The number of benzene rings is 1. The van der Waals surface area contributed by atoms with E-state index in [0.717, 1.165) is 16.6 Å². The zero-order valence-corrected chi connectivity index (χ0v) is 22.3. The van der Waals surface area contributed by atoms with Gasteiger partial charge in [0.1, 0.15) is 5.75 Å². The molecule has 1 unspecified atom stereocenters. The number of nitrogens with zero attached hydrogens (tertiary/aromatic N) is 6. The lowest BCUT2D eigenvalue weighted by atomic mass is 9.92. The number of fused-ring (bicyclic) bond motifs is 2. The van der Waals surface area contributed by atoms with Crippen molar-refractivity contribution in [1.82, 2.24) is 24.7 Å². The van der Waals surface area contributed by atoms with Crippen molar-refractivity contribution < 1.29 is 14.3 Å². The maximum atomic E-state index is 12.9. The van der Waals surface area contributed by atoms with Crippen molar-refractivity contribution in [3.63, 3.8) is 0 Å². The number of hydrogen-bond donors (Lipinski definition) is 1. The Morgan fingerprint density at radius 1 is 1.18 bits per heavy atom. The number of carbonyl (C=O) groups is 2. The minimum Gasteiger partial charge on any atom is -0.482 e. The van der Waals surface area contributed by atoms with Gasteiger partial charge < -0.3 is 10.5 Å². The van der Waals surface area contributed by atoms with Crippen LogP contribution in [-0.4, -0.2) is 43.2 Å². The zero-order valence-electron chi connectivity index (χ0n) is 22.3. The predicted molar refractivity (Wildman–Crippen MR) is 146 cm³/mol. The third kappa shape index (κ3) is 4.60. The largest absolute Gasteiger partial charge is 0.482 e. The number of nitrogens with two attached hydrogens (primary N) is 1. The molecule has 2 N–H and O–H groups in total. The Morgan fingerprint density at radius 2 is 2.00 bits per heavy atom. The summed E-state index contributed by atoms with van der Waals surface area (Å²) in [5.41, 5.74) is 10.6. The molecule has 1 aromatic carbocycles. The Labute approximate surface area is 226 Å². The molecular formula is C29H31N7O3. The first-order valence-electron chi connectivity index (χ1n) is 13.3. The smallest absolute Gasteiger partial charge is 0.265 e. The summed E-state index contributed by atoms with van der Waals surface area (Å²) in [7, 11) is 0. The summed E-state index contributed by atoms with van der Waals surface area (Å²) in [6.07, 6.45) is 9.58. The van der Waals surface area contributed by atoms with Gasteiger partial charge in [0.2, 0.25) is 0 Å². The van der Waals surface area contributed by atoms with Crippen molar-refractivity contribution in [1.29, 1.82) is 0 Å². The fraction of sp³-hybridized carbons (Fsp3) is 0.379. The van der Waals surface area contributed by atoms with Crippen LogP contribution >= 0.6 is 0 Å². The van der Waals surface area contributed by atoms with Crippen LogP contribution in [0.25, 0.3) is 22.2 Å². The predicted octanol–water partition coefficient (Wildman–Crippen LogP) is 4.08. The van der Waals surface area contributed by atoms with Crippen LogP contribution in [-0.2, 0) is 17.8 Å². The highest BCUT2D eigenvalue weighted by atomic mass is 16.5. The number of carbonyl (C=O) groups excluding carboxylic acids is 2. The van der Waals surface area contributed by atoms with E-state index in [2.05, 4.69) is 30.7 Å². The third-order valence-electron chi connectivity index (χ3n) is 7.48. The van der Waals surface area contributed by atoms with E-state index in [0.29, 0.717) is 46.3 Å². The molecule has 1 fully saturated rings. The lowest BCUT2D eigenvalue weighted by Gasteiger charge is -2.29. The first-order valence-corrected chi connectivity index (χ1v) is 13.3. The van der Waals surface area contributed by atoms with Gasteiger partial charge in [0, 0.05) is 23.3 Å². The molecule has 10 heteroatoms. The van der Waals surface area contributed by atoms with Crippen molar-refractivity contribution in [2.24, 2.45) is 17.6 Å². The molecule has 0 spiro atoms. The van der Waals surface area contributed by atoms with Crippen molar-refractivity contribution in [2.75, 3.05) is 11.5 Å². The molecule has 4 aromatic rings. The lowest BCUT2D eigenvalue weighted by Crippen LogP contribution is -2.38. The number of anilines is 1. The van der Waals surface area contributed by atoms with E-state index >= 15 is 0 Å². The zero-order chi connectivity index (χ0) is 27.3. The second kappa shape index (κ2) is 9.76. The van der Waals surface area contributed by atoms with Gasteiger partial charge in [0.25, 0.3) is 11.8 Å². The van der Waals surface area contributed by atoms with Crippen LogP contribution in [0.4, 0.5) is 5.69 Å². The topological polar surface area (TPSA) is 129 Å². The Hall–Kier alpha value is -4.34. The number of primary amides is 1. The van der Waals surface area contributed by atoms with Gasteiger partial charge in [-0.05, 0) is 55.7 Å². The van der Waals surface area contributed by atoms with E-state index in [-0.39, 0.29) is 31.0 Å². The lowest BCUT2D eigenvalue weighted by molar-refractivity contribution is -0.121. The number of rotatable bonds is 8. The van der Waals surface area contributed by atoms with Crippen LogP contribution in [0, 0.1) is 11.8 Å². The van der Waals surface area contributed by atoms with Gasteiger partial charge in [-0.2, -0.15) is 5.10 Å². The van der Waals surface area contributed by atoms with Gasteiger partial charge in [0.15, 0.2) is 12.3 Å². The molecule has 3 aromatic heterocycles. The molecule has 0 bridgehead atoms. The molecule has 2 aliphatic rings. The van der Waals surface area contributed by atoms with Gasteiger partial charge in [-0.1, -0.05) is 19.9 Å². The fourth-order valence-electron chi connectivity index (χ4n) is 5.39. The highest BCUT2D eigenvalue weighted by Crippen LogP contribution is 2.43. The molecule has 0 radical (unpaired) electrons. The number of pyridine rings is 1. The van der Waals surface area contributed by atoms with Crippen LogP contribution in [0.15, 0.2) is 43.0 Å². The maximum absolute atomic E-state index is 12.9. The molecule has 1 aliphatic heterocycles. The van der Waals surface area contributed by atoms with E-state index in [4.69, 9.17) is 20.6 Å². The molecule has 39 heavy (non-hydrogen) atoms. The molecular weight excluding hydrogens is 494 g/mol. The molecule has 1 saturated carbocycles. The van der Waals surface area contributed by atoms with Gasteiger partial charge >= 0.3 is 0 Å². The second-order valence-corrected chi connectivity index (χ2v) is 10.8. The summed E-state index contributed by atoms with van der Waals surface area (Å²) in [6.45, 7) is 6.54. The number of hydrogen-bond acceptors (Lipinski definition) is 7. The molecule has 1 atom stereocenters. The van der Waals surface area contributed by atoms with Gasteiger partial charge in [0.05, 0.1) is 47.6 Å². The van der Waals surface area contributed by atoms with E-state index in [1.54, 1.807) is 29.7 Å². The van der Waals surface area contributed by atoms with Crippen LogP contribution in [0.1, 0.15) is 61.4 Å². The molecule has 200 valence electrons. The minimum atomic E-state index is -0.531. The van der Waals surface area contributed by atoms with E-state index < -0.39 is 5.91 Å². The summed E-state index contributed by atoms with van der Waals surface area (Å²) < 4.78 is 7.86. The Bertz CT molecular complexity index is 1580. The monoisotopic (exact) mass is 525 g/mol. The Balaban J connectivity index is 1.51. The highest BCUT2D eigenvalue weighted by molar-refractivity contribution is 6.09. The van der Waals surface area contributed by atoms with E-state index in [1.165, 1.54) is 12.8 Å². The average Bonchev–Trinajstić information content (AvgIpc) is 3.68. The quantitative estimate of drug-likeness (QED) is 0.367. The summed E-state index contributed by atoms with van der Waals surface area (Å²) in [5, 5.41) is 5.50. The summed E-state index contributed by atoms with van der Waals surface area (Å²) in [6, 6.07) is 5.82. The van der Waals surface area contributed by atoms with Crippen LogP contribution in [0.2, 0.25) is 0 Å². The van der Waals surface area contributed by atoms with Gasteiger partial charge in [-0.3, -0.25) is 24.5 Å². The van der Waals surface area contributed by atoms with Gasteiger partial charge in [-0.25, -0.2) is 9.67 Å². The maximum Gasteiger partial charge on any atom is 0.265 e. The van der Waals surface area contributed by atoms with Crippen LogP contribution < -0.4 is 15.4 Å². The van der Waals surface area contributed by atoms with Crippen molar-refractivity contribution >= 4 is 28.5 Å². The van der Waals surface area contributed by atoms with Gasteiger partial charge in [-0.15, -0.1) is 0 Å². The van der Waals surface area contributed by atoms with Crippen molar-refractivity contribution in [3.05, 3.63) is 59.9 Å². The second-order valence-electron chi connectivity index (χ2n) is 10.8. The SMILES string of the molecule is CC(C)Cc1nc2c(cnn2C(C)C2CC2)c(-c2ccc3c(c2)OCC(=O)N3Cc2cnccn2)c1C(N)=O. The standard InChI is InChI=1S/C29H31N7O3/c1-16(2)10-22-27(28(30)38)26(21-13-33-36(29(21)34-22)17(3)18-4-5-18)19-6-7-23-24(11-19)39-15-25(37)35(23)14-20-12-31-8-9-32-20/h6-9,11-13,16-18H,4-5,10,14-15H2,1-3H3,(H2,30,38). The summed E-state index contributed by atoms with van der Waals surface area (Å²) >= 11 is 0. The van der Waals surface area contributed by atoms with E-state index in [1.807, 2.05) is 22.9 Å². The highest BCUT2D eigenvalue weighted by Gasteiger charge is 2.33. The summed E-state index contributed by atoms with van der Waals surface area (Å²) in [4.78, 5) is 40.8. The molecule has 1 aliphatic carbocycles.